The number of benzene rings is 3. The topological polar surface area (TPSA) is 118 Å². The zero-order valence-corrected chi connectivity index (χ0v) is 26.7. The van der Waals surface area contributed by atoms with Crippen LogP contribution in [0.15, 0.2) is 102 Å². The molecule has 0 spiro atoms. The number of hydrogen-bond acceptors (Lipinski definition) is 6. The van der Waals surface area contributed by atoms with Crippen molar-refractivity contribution in [3.8, 4) is 11.3 Å². The lowest BCUT2D eigenvalue weighted by atomic mass is 9.86. The molecule has 9 heteroatoms. The summed E-state index contributed by atoms with van der Waals surface area (Å²) in [5.74, 6) is -0.245. The lowest BCUT2D eigenvalue weighted by Crippen LogP contribution is -2.25. The molecule has 2 amide bonds. The monoisotopic (exact) mass is 614 g/mol. The number of amides is 2. The highest BCUT2D eigenvalue weighted by Crippen LogP contribution is 2.29. The molecule has 0 fully saturated rings. The molecule has 0 aliphatic rings. The van der Waals surface area contributed by atoms with Crippen LogP contribution in [0, 0.1) is 6.92 Å². The number of carbonyl (C=O) groups is 2. The van der Waals surface area contributed by atoms with Gasteiger partial charge in [0.1, 0.15) is 0 Å². The van der Waals surface area contributed by atoms with E-state index in [0.29, 0.717) is 41.2 Å². The minimum absolute atomic E-state index is 0.00236. The Kier molecular flexibility index (Phi) is 9.42. The Hall–Kier alpha value is -5.57. The first-order chi connectivity index (χ1) is 22.0. The Morgan fingerprint density at radius 3 is 2.17 bits per heavy atom. The molecule has 3 aromatic carbocycles. The van der Waals surface area contributed by atoms with Gasteiger partial charge in [0.25, 0.3) is 17.4 Å². The van der Waals surface area contributed by atoms with E-state index in [4.69, 9.17) is 0 Å². The van der Waals surface area contributed by atoms with Crippen LogP contribution in [0.2, 0.25) is 0 Å². The molecule has 0 aliphatic heterocycles. The van der Waals surface area contributed by atoms with Crippen LogP contribution in [0.25, 0.3) is 11.3 Å². The number of carbonyl (C=O) groups excluding carboxylic acids is 2. The SMILES string of the molecule is Cc1c(NC(=O)c2ccc(C(C)(C)C)cc2)cccc1-c1cn(C)c(=O)c(Nc2ccc(C(=O)NCCc3ccncc3)cc2)n1. The van der Waals surface area contributed by atoms with Gasteiger partial charge in [-0.2, -0.15) is 0 Å². The van der Waals surface area contributed by atoms with Gasteiger partial charge < -0.3 is 20.5 Å². The lowest BCUT2D eigenvalue weighted by molar-refractivity contribution is 0.0953. The molecule has 3 N–H and O–H groups in total. The molecule has 0 saturated heterocycles. The molecule has 5 rings (SSSR count). The molecule has 2 heterocycles. The van der Waals surface area contributed by atoms with Gasteiger partial charge in [-0.1, -0.05) is 45.0 Å². The average molecular weight is 615 g/mol. The zero-order valence-electron chi connectivity index (χ0n) is 26.7. The van der Waals surface area contributed by atoms with Crippen molar-refractivity contribution >= 4 is 29.0 Å². The zero-order chi connectivity index (χ0) is 32.8. The Labute approximate surface area is 268 Å². The summed E-state index contributed by atoms with van der Waals surface area (Å²) in [6, 6.07) is 24.0. The number of anilines is 3. The van der Waals surface area contributed by atoms with Gasteiger partial charge in [0, 0.05) is 60.2 Å². The van der Waals surface area contributed by atoms with Crippen molar-refractivity contribution in [2.24, 2.45) is 7.05 Å². The van der Waals surface area contributed by atoms with E-state index in [0.717, 1.165) is 22.3 Å². The Morgan fingerprint density at radius 2 is 1.50 bits per heavy atom. The van der Waals surface area contributed by atoms with E-state index in [1.54, 1.807) is 49.9 Å². The van der Waals surface area contributed by atoms with Gasteiger partial charge >= 0.3 is 0 Å². The minimum Gasteiger partial charge on any atom is -0.352 e. The lowest BCUT2D eigenvalue weighted by Gasteiger charge is -2.19. The number of aromatic nitrogens is 3. The summed E-state index contributed by atoms with van der Waals surface area (Å²) in [7, 11) is 1.67. The molecular formula is C37H38N6O3. The second-order valence-corrected chi connectivity index (χ2v) is 12.2. The highest BCUT2D eigenvalue weighted by Gasteiger charge is 2.17. The van der Waals surface area contributed by atoms with Gasteiger partial charge in [-0.15, -0.1) is 0 Å². The van der Waals surface area contributed by atoms with Crippen LogP contribution in [-0.4, -0.2) is 32.9 Å². The van der Waals surface area contributed by atoms with E-state index in [1.165, 1.54) is 4.57 Å². The Morgan fingerprint density at radius 1 is 0.848 bits per heavy atom. The summed E-state index contributed by atoms with van der Waals surface area (Å²) in [5.41, 5.74) is 6.45. The highest BCUT2D eigenvalue weighted by atomic mass is 16.2. The van der Waals surface area contributed by atoms with Crippen LogP contribution >= 0.6 is 0 Å². The van der Waals surface area contributed by atoms with E-state index in [1.807, 2.05) is 61.5 Å². The molecular weight excluding hydrogens is 576 g/mol. The van der Waals surface area contributed by atoms with Crippen LogP contribution in [0.1, 0.15) is 58.2 Å². The first-order valence-corrected chi connectivity index (χ1v) is 15.1. The summed E-state index contributed by atoms with van der Waals surface area (Å²) >= 11 is 0. The molecule has 9 nitrogen and oxygen atoms in total. The van der Waals surface area contributed by atoms with E-state index in [-0.39, 0.29) is 28.6 Å². The standard InChI is InChI=1S/C37H38N6O3/c1-24-30(7-6-8-31(24)42-35(45)27-9-13-28(14-10-27)37(2,3)4)32-23-43(5)36(46)33(41-32)40-29-15-11-26(12-16-29)34(44)39-22-19-25-17-20-38-21-18-25/h6-18,20-21,23H,19,22H2,1-5H3,(H,39,44)(H,40,41)(H,42,45). The van der Waals surface area contributed by atoms with E-state index in [2.05, 4.69) is 46.7 Å². The number of aryl methyl sites for hydroxylation is 1. The molecule has 5 aromatic rings. The molecule has 0 aliphatic carbocycles. The maximum Gasteiger partial charge on any atom is 0.293 e. The van der Waals surface area contributed by atoms with Gasteiger partial charge in [0.05, 0.1) is 5.69 Å². The first kappa shape index (κ1) is 31.8. The molecule has 0 radical (unpaired) electrons. The number of hydrogen-bond donors (Lipinski definition) is 3. The predicted octanol–water partition coefficient (Wildman–Crippen LogP) is 6.42. The van der Waals surface area contributed by atoms with Crippen molar-refractivity contribution in [3.63, 3.8) is 0 Å². The summed E-state index contributed by atoms with van der Waals surface area (Å²) in [6.45, 7) is 8.82. The summed E-state index contributed by atoms with van der Waals surface area (Å²) in [4.78, 5) is 47.4. The second kappa shape index (κ2) is 13.6. The van der Waals surface area contributed by atoms with Gasteiger partial charge in [-0.25, -0.2) is 4.98 Å². The molecule has 0 unspecified atom stereocenters. The highest BCUT2D eigenvalue weighted by molar-refractivity contribution is 6.05. The van der Waals surface area contributed by atoms with Crippen molar-refractivity contribution in [1.82, 2.24) is 19.9 Å². The molecule has 46 heavy (non-hydrogen) atoms. The number of rotatable bonds is 9. The fourth-order valence-corrected chi connectivity index (χ4v) is 5.00. The molecule has 2 aromatic heterocycles. The van der Waals surface area contributed by atoms with Crippen LogP contribution in [0.4, 0.5) is 17.2 Å². The third-order valence-electron chi connectivity index (χ3n) is 7.80. The van der Waals surface area contributed by atoms with Gasteiger partial charge in [-0.3, -0.25) is 19.4 Å². The summed E-state index contributed by atoms with van der Waals surface area (Å²) in [5, 5.41) is 9.05. The number of pyridine rings is 1. The van der Waals surface area contributed by atoms with Gasteiger partial charge in [-0.05, 0) is 90.0 Å². The van der Waals surface area contributed by atoms with Crippen molar-refractivity contribution in [1.29, 1.82) is 0 Å². The fourth-order valence-electron chi connectivity index (χ4n) is 5.00. The quantitative estimate of drug-likeness (QED) is 0.176. The number of nitrogens with one attached hydrogen (secondary N) is 3. The van der Waals surface area contributed by atoms with Crippen molar-refractivity contribution in [3.05, 3.63) is 136 Å². The normalized spacial score (nSPS) is 11.2. The predicted molar refractivity (Wildman–Crippen MR) is 183 cm³/mol. The van der Waals surface area contributed by atoms with Gasteiger partial charge in [0.15, 0.2) is 5.82 Å². The maximum atomic E-state index is 13.1. The molecule has 0 saturated carbocycles. The summed E-state index contributed by atoms with van der Waals surface area (Å²) < 4.78 is 1.47. The third-order valence-corrected chi connectivity index (χ3v) is 7.80. The Balaban J connectivity index is 1.29. The minimum atomic E-state index is -0.303. The van der Waals surface area contributed by atoms with Crippen molar-refractivity contribution < 1.29 is 9.59 Å². The summed E-state index contributed by atoms with van der Waals surface area (Å²) in [6.07, 6.45) is 5.84. The molecule has 234 valence electrons. The van der Waals surface area contributed by atoms with Crippen LogP contribution in [0.5, 0.6) is 0 Å². The number of nitrogens with zero attached hydrogens (tertiary/aromatic N) is 3. The Bertz CT molecular complexity index is 1910. The van der Waals surface area contributed by atoms with E-state index in [9.17, 15) is 14.4 Å². The van der Waals surface area contributed by atoms with Crippen molar-refractivity contribution in [2.45, 2.75) is 39.5 Å². The second-order valence-electron chi connectivity index (χ2n) is 12.2. The smallest absolute Gasteiger partial charge is 0.293 e. The fraction of sp³-hybridized carbons (Fsp3) is 0.216. The van der Waals surface area contributed by atoms with Crippen LogP contribution < -0.4 is 21.5 Å². The van der Waals surface area contributed by atoms with Crippen LogP contribution in [0.3, 0.4) is 0 Å². The largest absolute Gasteiger partial charge is 0.352 e. The van der Waals surface area contributed by atoms with Crippen LogP contribution in [-0.2, 0) is 18.9 Å². The maximum absolute atomic E-state index is 13.1. The third kappa shape index (κ3) is 7.55. The van der Waals surface area contributed by atoms with Gasteiger partial charge in [0.2, 0.25) is 0 Å². The first-order valence-electron chi connectivity index (χ1n) is 15.1. The van der Waals surface area contributed by atoms with E-state index < -0.39 is 0 Å². The molecule has 0 atom stereocenters. The van der Waals surface area contributed by atoms with E-state index >= 15 is 0 Å². The molecule has 0 bridgehead atoms. The van der Waals surface area contributed by atoms with Crippen molar-refractivity contribution in [2.75, 3.05) is 17.2 Å². The average Bonchev–Trinajstić information content (AvgIpc) is 3.04.